The Morgan fingerprint density at radius 1 is 1.50 bits per heavy atom. The van der Waals surface area contributed by atoms with E-state index in [0.717, 1.165) is 39.7 Å². The molecule has 0 saturated heterocycles. The van der Waals surface area contributed by atoms with Crippen molar-refractivity contribution in [2.45, 2.75) is 39.3 Å². The molecule has 0 aliphatic carbocycles. The van der Waals surface area contributed by atoms with Crippen molar-refractivity contribution in [2.24, 2.45) is 0 Å². The number of ether oxygens (including phenoxy) is 2. The fourth-order valence-corrected chi connectivity index (χ4v) is 3.91. The van der Waals surface area contributed by atoms with Crippen molar-refractivity contribution in [1.82, 2.24) is 14.7 Å². The van der Waals surface area contributed by atoms with Gasteiger partial charge in [0.1, 0.15) is 17.6 Å². The lowest BCUT2D eigenvalue weighted by atomic mass is 10.1. The van der Waals surface area contributed by atoms with E-state index in [1.807, 2.05) is 41.2 Å². The Bertz CT molecular complexity index is 918. The van der Waals surface area contributed by atoms with Gasteiger partial charge in [0.25, 0.3) is 0 Å². The van der Waals surface area contributed by atoms with Gasteiger partial charge in [-0.3, -0.25) is 9.20 Å². The summed E-state index contributed by atoms with van der Waals surface area (Å²) in [7, 11) is 0. The van der Waals surface area contributed by atoms with Crippen LogP contribution in [0.3, 0.4) is 0 Å². The van der Waals surface area contributed by atoms with E-state index in [9.17, 15) is 4.79 Å². The van der Waals surface area contributed by atoms with Crippen molar-refractivity contribution in [3.63, 3.8) is 0 Å². The van der Waals surface area contributed by atoms with Crippen molar-refractivity contribution < 1.29 is 14.3 Å². The maximum atomic E-state index is 12.3. The molecule has 136 valence electrons. The summed E-state index contributed by atoms with van der Waals surface area (Å²) in [6, 6.07) is 4.02. The molecule has 1 N–H and O–H groups in total. The third-order valence-electron chi connectivity index (χ3n) is 4.34. The molecule has 26 heavy (non-hydrogen) atoms. The van der Waals surface area contributed by atoms with Crippen LogP contribution in [0, 0.1) is 0 Å². The number of benzene rings is 1. The highest BCUT2D eigenvalue weighted by atomic mass is 32.1. The number of carbonyl (C=O) groups excluding carboxylic acids is 1. The number of amides is 1. The minimum Gasteiger partial charge on any atom is -0.494 e. The van der Waals surface area contributed by atoms with Crippen LogP contribution in [-0.4, -0.2) is 28.0 Å². The largest absolute Gasteiger partial charge is 0.494 e. The van der Waals surface area contributed by atoms with Crippen LogP contribution in [-0.2, 0) is 24.2 Å². The average molecular weight is 371 g/mol. The average Bonchev–Trinajstić information content (AvgIpc) is 3.26. The molecular formula is C19H21N3O3S. The SMILES string of the molecule is CCOc1cc2c(cc1CNC(=O)Cc1cn3ccsc3n1)OC(C)C2. The highest BCUT2D eigenvalue weighted by Crippen LogP contribution is 2.35. The van der Waals surface area contributed by atoms with Gasteiger partial charge in [0.15, 0.2) is 4.96 Å². The Kier molecular flexibility index (Phi) is 4.55. The van der Waals surface area contributed by atoms with Crippen molar-refractivity contribution >= 4 is 22.2 Å². The van der Waals surface area contributed by atoms with Gasteiger partial charge in [-0.15, -0.1) is 11.3 Å². The van der Waals surface area contributed by atoms with Gasteiger partial charge in [0.05, 0.1) is 18.7 Å². The molecule has 1 atom stereocenters. The molecule has 3 heterocycles. The number of nitrogens with zero attached hydrogens (tertiary/aromatic N) is 2. The molecule has 2 aromatic heterocycles. The number of fused-ring (bicyclic) bond motifs is 2. The van der Waals surface area contributed by atoms with E-state index in [0.29, 0.717) is 13.2 Å². The Hall–Kier alpha value is -2.54. The second-order valence-corrected chi connectivity index (χ2v) is 7.28. The highest BCUT2D eigenvalue weighted by Gasteiger charge is 2.22. The quantitative estimate of drug-likeness (QED) is 0.723. The molecular weight excluding hydrogens is 350 g/mol. The molecule has 1 amide bonds. The standard InChI is InChI=1S/C19H21N3O3S/c1-3-24-16-7-13-6-12(2)25-17(13)8-14(16)10-20-18(23)9-15-11-22-4-5-26-19(22)21-15/h4-5,7-8,11-12H,3,6,9-10H2,1-2H3,(H,20,23). The number of imidazole rings is 1. The number of carbonyl (C=O) groups is 1. The Morgan fingerprint density at radius 3 is 3.19 bits per heavy atom. The molecule has 1 aliphatic rings. The normalized spacial score (nSPS) is 15.7. The predicted molar refractivity (Wildman–Crippen MR) is 100 cm³/mol. The molecule has 1 unspecified atom stereocenters. The summed E-state index contributed by atoms with van der Waals surface area (Å²) in [4.78, 5) is 17.7. The monoisotopic (exact) mass is 371 g/mol. The summed E-state index contributed by atoms with van der Waals surface area (Å²) >= 11 is 1.55. The lowest BCUT2D eigenvalue weighted by Crippen LogP contribution is -2.25. The summed E-state index contributed by atoms with van der Waals surface area (Å²) in [5.74, 6) is 1.64. The van der Waals surface area contributed by atoms with E-state index in [1.54, 1.807) is 11.3 Å². The molecule has 1 aliphatic heterocycles. The van der Waals surface area contributed by atoms with Gasteiger partial charge in [-0.25, -0.2) is 4.98 Å². The number of aromatic nitrogens is 2. The second-order valence-electron chi connectivity index (χ2n) is 6.41. The molecule has 4 rings (SSSR count). The lowest BCUT2D eigenvalue weighted by Gasteiger charge is -2.13. The molecule has 0 bridgehead atoms. The Balaban J connectivity index is 1.44. The molecule has 1 aromatic carbocycles. The zero-order valence-electron chi connectivity index (χ0n) is 14.8. The van der Waals surface area contributed by atoms with Crippen LogP contribution in [0.15, 0.2) is 29.9 Å². The summed E-state index contributed by atoms with van der Waals surface area (Å²) in [5, 5.41) is 4.94. The zero-order chi connectivity index (χ0) is 18.1. The van der Waals surface area contributed by atoms with E-state index in [1.165, 1.54) is 0 Å². The summed E-state index contributed by atoms with van der Waals surface area (Å²) in [6.07, 6.45) is 5.16. The summed E-state index contributed by atoms with van der Waals surface area (Å²) < 4.78 is 13.5. The van der Waals surface area contributed by atoms with Crippen molar-refractivity contribution in [3.8, 4) is 11.5 Å². The minimum absolute atomic E-state index is 0.0620. The zero-order valence-corrected chi connectivity index (χ0v) is 15.6. The van der Waals surface area contributed by atoms with E-state index < -0.39 is 0 Å². The minimum atomic E-state index is -0.0620. The summed E-state index contributed by atoms with van der Waals surface area (Å²) in [5.41, 5.74) is 2.86. The third kappa shape index (κ3) is 3.39. The van der Waals surface area contributed by atoms with Crippen LogP contribution in [0.1, 0.15) is 30.7 Å². The van der Waals surface area contributed by atoms with Gasteiger partial charge < -0.3 is 14.8 Å². The van der Waals surface area contributed by atoms with Crippen LogP contribution >= 0.6 is 11.3 Å². The maximum absolute atomic E-state index is 12.3. The number of nitrogens with one attached hydrogen (secondary N) is 1. The van der Waals surface area contributed by atoms with Gasteiger partial charge in [-0.05, 0) is 26.0 Å². The summed E-state index contributed by atoms with van der Waals surface area (Å²) in [6.45, 7) is 5.00. The topological polar surface area (TPSA) is 64.9 Å². The number of hydrogen-bond donors (Lipinski definition) is 1. The first-order valence-electron chi connectivity index (χ1n) is 8.75. The van der Waals surface area contributed by atoms with E-state index >= 15 is 0 Å². The first kappa shape index (κ1) is 16.9. The molecule has 6 nitrogen and oxygen atoms in total. The molecule has 0 radical (unpaired) electrons. The van der Waals surface area contributed by atoms with Gasteiger partial charge in [0, 0.05) is 41.9 Å². The van der Waals surface area contributed by atoms with Crippen LogP contribution in [0.25, 0.3) is 4.96 Å². The van der Waals surface area contributed by atoms with Crippen LogP contribution in [0.5, 0.6) is 11.5 Å². The van der Waals surface area contributed by atoms with Gasteiger partial charge in [0.2, 0.25) is 5.91 Å². The lowest BCUT2D eigenvalue weighted by molar-refractivity contribution is -0.120. The molecule has 0 spiro atoms. The highest BCUT2D eigenvalue weighted by molar-refractivity contribution is 7.15. The first-order valence-corrected chi connectivity index (χ1v) is 9.63. The Morgan fingerprint density at radius 2 is 2.38 bits per heavy atom. The van der Waals surface area contributed by atoms with E-state index in [-0.39, 0.29) is 18.4 Å². The van der Waals surface area contributed by atoms with E-state index in [2.05, 4.69) is 17.2 Å². The van der Waals surface area contributed by atoms with Crippen LogP contribution in [0.4, 0.5) is 0 Å². The van der Waals surface area contributed by atoms with Gasteiger partial charge in [-0.2, -0.15) is 0 Å². The molecule has 0 saturated carbocycles. The van der Waals surface area contributed by atoms with Crippen LogP contribution < -0.4 is 14.8 Å². The van der Waals surface area contributed by atoms with Crippen molar-refractivity contribution in [2.75, 3.05) is 6.61 Å². The number of thiazole rings is 1. The van der Waals surface area contributed by atoms with Crippen LogP contribution in [0.2, 0.25) is 0 Å². The third-order valence-corrected chi connectivity index (χ3v) is 5.11. The predicted octanol–water partition coefficient (Wildman–Crippen LogP) is 2.98. The molecule has 0 fully saturated rings. The smallest absolute Gasteiger partial charge is 0.226 e. The second kappa shape index (κ2) is 6.99. The molecule has 7 heteroatoms. The number of rotatable bonds is 6. The Labute approximate surface area is 155 Å². The number of hydrogen-bond acceptors (Lipinski definition) is 5. The van der Waals surface area contributed by atoms with Crippen molar-refractivity contribution in [1.29, 1.82) is 0 Å². The molecule has 3 aromatic rings. The maximum Gasteiger partial charge on any atom is 0.226 e. The van der Waals surface area contributed by atoms with E-state index in [4.69, 9.17) is 9.47 Å². The van der Waals surface area contributed by atoms with Gasteiger partial charge in [-0.1, -0.05) is 0 Å². The van der Waals surface area contributed by atoms with Crippen molar-refractivity contribution in [3.05, 3.63) is 46.7 Å². The van der Waals surface area contributed by atoms with Gasteiger partial charge >= 0.3 is 0 Å². The fraction of sp³-hybridized carbons (Fsp3) is 0.368. The fourth-order valence-electron chi connectivity index (χ4n) is 3.19. The first-order chi connectivity index (χ1) is 12.6.